The molecule has 0 aliphatic carbocycles. The summed E-state index contributed by atoms with van der Waals surface area (Å²) in [5, 5.41) is 10.1. The Hall–Kier alpha value is -1.38. The van der Waals surface area contributed by atoms with Crippen LogP contribution in [0.15, 0.2) is 6.07 Å². The van der Waals surface area contributed by atoms with Crippen LogP contribution in [-0.2, 0) is 12.8 Å². The van der Waals surface area contributed by atoms with Gasteiger partial charge in [-0.3, -0.25) is 0 Å². The van der Waals surface area contributed by atoms with E-state index >= 15 is 0 Å². The first-order valence-corrected chi connectivity index (χ1v) is 5.32. The molecule has 0 saturated heterocycles. The van der Waals surface area contributed by atoms with Crippen LogP contribution in [0, 0.1) is 0 Å². The molecule has 0 spiro atoms. The highest BCUT2D eigenvalue weighted by molar-refractivity contribution is 5.57. The van der Waals surface area contributed by atoms with Gasteiger partial charge in [0, 0.05) is 17.2 Å². The van der Waals surface area contributed by atoms with Crippen molar-refractivity contribution >= 4 is 0 Å². The van der Waals surface area contributed by atoms with Crippen molar-refractivity contribution in [3.8, 4) is 17.2 Å². The third-order valence-electron chi connectivity index (χ3n) is 2.83. The standard InChI is InChI=1S/C12H16O3/c1-3-8-10(14-2)7-11-9(12(8)13)5-4-6-15-11/h7,13H,3-6H2,1-2H3. The van der Waals surface area contributed by atoms with E-state index in [1.807, 2.05) is 13.0 Å². The van der Waals surface area contributed by atoms with Crippen molar-refractivity contribution in [1.29, 1.82) is 0 Å². The molecule has 1 N–H and O–H groups in total. The minimum atomic E-state index is 0.353. The van der Waals surface area contributed by atoms with Gasteiger partial charge in [0.15, 0.2) is 0 Å². The molecule has 2 rings (SSSR count). The normalized spacial score (nSPS) is 14.3. The molecule has 0 unspecified atom stereocenters. The Morgan fingerprint density at radius 3 is 3.00 bits per heavy atom. The molecule has 0 amide bonds. The van der Waals surface area contributed by atoms with Crippen molar-refractivity contribution in [3.63, 3.8) is 0 Å². The second-order valence-electron chi connectivity index (χ2n) is 3.69. The predicted octanol–water partition coefficient (Wildman–Crippen LogP) is 2.29. The Morgan fingerprint density at radius 1 is 1.53 bits per heavy atom. The van der Waals surface area contributed by atoms with Crippen LogP contribution in [0.4, 0.5) is 0 Å². The van der Waals surface area contributed by atoms with Crippen LogP contribution in [0.3, 0.4) is 0 Å². The summed E-state index contributed by atoms with van der Waals surface area (Å²) < 4.78 is 10.7. The third-order valence-corrected chi connectivity index (χ3v) is 2.83. The van der Waals surface area contributed by atoms with Gasteiger partial charge < -0.3 is 14.6 Å². The average molecular weight is 208 g/mol. The molecule has 1 aromatic rings. The van der Waals surface area contributed by atoms with E-state index in [4.69, 9.17) is 9.47 Å². The minimum absolute atomic E-state index is 0.353. The molecule has 0 radical (unpaired) electrons. The Morgan fingerprint density at radius 2 is 2.33 bits per heavy atom. The van der Waals surface area contributed by atoms with E-state index in [0.717, 1.165) is 48.5 Å². The van der Waals surface area contributed by atoms with E-state index in [9.17, 15) is 5.11 Å². The summed E-state index contributed by atoms with van der Waals surface area (Å²) >= 11 is 0. The van der Waals surface area contributed by atoms with Gasteiger partial charge in [0.2, 0.25) is 0 Å². The maximum Gasteiger partial charge on any atom is 0.129 e. The number of methoxy groups -OCH3 is 1. The number of rotatable bonds is 2. The van der Waals surface area contributed by atoms with E-state index in [1.54, 1.807) is 7.11 Å². The summed E-state index contributed by atoms with van der Waals surface area (Å²) in [7, 11) is 1.61. The molecule has 1 aliphatic heterocycles. The van der Waals surface area contributed by atoms with Gasteiger partial charge in [-0.1, -0.05) is 6.92 Å². The number of hydrogen-bond donors (Lipinski definition) is 1. The third kappa shape index (κ3) is 1.62. The number of aromatic hydroxyl groups is 1. The van der Waals surface area contributed by atoms with E-state index < -0.39 is 0 Å². The quantitative estimate of drug-likeness (QED) is 0.810. The van der Waals surface area contributed by atoms with Crippen LogP contribution in [-0.4, -0.2) is 18.8 Å². The number of benzene rings is 1. The lowest BCUT2D eigenvalue weighted by atomic mass is 9.99. The van der Waals surface area contributed by atoms with Gasteiger partial charge >= 0.3 is 0 Å². The van der Waals surface area contributed by atoms with Crippen LogP contribution in [0.2, 0.25) is 0 Å². The van der Waals surface area contributed by atoms with Crippen molar-refractivity contribution in [1.82, 2.24) is 0 Å². The Labute approximate surface area is 89.6 Å². The lowest BCUT2D eigenvalue weighted by Gasteiger charge is -2.21. The fourth-order valence-corrected chi connectivity index (χ4v) is 2.03. The molecule has 1 aliphatic rings. The zero-order valence-electron chi connectivity index (χ0n) is 9.17. The van der Waals surface area contributed by atoms with E-state index in [1.165, 1.54) is 0 Å². The molecule has 3 nitrogen and oxygen atoms in total. The zero-order valence-corrected chi connectivity index (χ0v) is 9.17. The lowest BCUT2D eigenvalue weighted by Crippen LogP contribution is -2.09. The summed E-state index contributed by atoms with van der Waals surface area (Å²) in [5.74, 6) is 1.84. The Kier molecular flexibility index (Phi) is 2.71. The molecule has 3 heteroatoms. The first-order chi connectivity index (χ1) is 7.27. The Bertz CT molecular complexity index is 357. The SMILES string of the molecule is CCc1c(OC)cc2c(c1O)CCCO2. The van der Waals surface area contributed by atoms with Crippen LogP contribution in [0.1, 0.15) is 24.5 Å². The lowest BCUT2D eigenvalue weighted by molar-refractivity contribution is 0.280. The van der Waals surface area contributed by atoms with Crippen molar-refractivity contribution in [2.45, 2.75) is 26.2 Å². The van der Waals surface area contributed by atoms with E-state index in [2.05, 4.69) is 0 Å². The zero-order chi connectivity index (χ0) is 10.8. The van der Waals surface area contributed by atoms with Crippen LogP contribution >= 0.6 is 0 Å². The Balaban J connectivity index is 2.57. The molecular weight excluding hydrogens is 192 g/mol. The summed E-state index contributed by atoms with van der Waals surface area (Å²) in [4.78, 5) is 0. The highest BCUT2D eigenvalue weighted by Crippen LogP contribution is 2.40. The number of phenols is 1. The fourth-order valence-electron chi connectivity index (χ4n) is 2.03. The highest BCUT2D eigenvalue weighted by Gasteiger charge is 2.20. The largest absolute Gasteiger partial charge is 0.507 e. The minimum Gasteiger partial charge on any atom is -0.507 e. The van der Waals surface area contributed by atoms with Gasteiger partial charge in [0.25, 0.3) is 0 Å². The first-order valence-electron chi connectivity index (χ1n) is 5.32. The topological polar surface area (TPSA) is 38.7 Å². The van der Waals surface area contributed by atoms with Crippen LogP contribution < -0.4 is 9.47 Å². The maximum atomic E-state index is 10.1. The summed E-state index contributed by atoms with van der Waals surface area (Å²) in [6, 6.07) is 1.88. The van der Waals surface area contributed by atoms with Crippen molar-refractivity contribution in [3.05, 3.63) is 17.2 Å². The second-order valence-corrected chi connectivity index (χ2v) is 3.69. The summed E-state index contributed by atoms with van der Waals surface area (Å²) in [5.41, 5.74) is 1.81. The van der Waals surface area contributed by atoms with Crippen molar-refractivity contribution in [2.75, 3.05) is 13.7 Å². The summed E-state index contributed by atoms with van der Waals surface area (Å²) in [6.07, 6.45) is 2.62. The monoisotopic (exact) mass is 208 g/mol. The smallest absolute Gasteiger partial charge is 0.129 e. The molecule has 0 aromatic heterocycles. The van der Waals surface area contributed by atoms with Gasteiger partial charge in [-0.2, -0.15) is 0 Å². The first kappa shape index (κ1) is 10.1. The van der Waals surface area contributed by atoms with Gasteiger partial charge in [-0.25, -0.2) is 0 Å². The number of ether oxygens (including phenoxy) is 2. The van der Waals surface area contributed by atoms with Gasteiger partial charge in [-0.05, 0) is 19.3 Å². The molecule has 1 aromatic carbocycles. The molecule has 82 valence electrons. The number of fused-ring (bicyclic) bond motifs is 1. The number of phenolic OH excluding ortho intramolecular Hbond substituents is 1. The highest BCUT2D eigenvalue weighted by atomic mass is 16.5. The molecule has 0 fully saturated rings. The van der Waals surface area contributed by atoms with Gasteiger partial charge in [0.05, 0.1) is 13.7 Å². The van der Waals surface area contributed by atoms with Crippen molar-refractivity contribution < 1.29 is 14.6 Å². The summed E-state index contributed by atoms with van der Waals surface area (Å²) in [6.45, 7) is 2.73. The fraction of sp³-hybridized carbons (Fsp3) is 0.500. The predicted molar refractivity (Wildman–Crippen MR) is 57.9 cm³/mol. The average Bonchev–Trinajstić information content (AvgIpc) is 2.29. The van der Waals surface area contributed by atoms with Crippen LogP contribution in [0.5, 0.6) is 17.2 Å². The molecule has 15 heavy (non-hydrogen) atoms. The molecule has 0 atom stereocenters. The molecule has 1 heterocycles. The maximum absolute atomic E-state index is 10.1. The van der Waals surface area contributed by atoms with Gasteiger partial charge in [-0.15, -0.1) is 0 Å². The van der Waals surface area contributed by atoms with Crippen molar-refractivity contribution in [2.24, 2.45) is 0 Å². The van der Waals surface area contributed by atoms with E-state index in [-0.39, 0.29) is 0 Å². The second kappa shape index (κ2) is 4.01. The molecular formula is C12H16O3. The van der Waals surface area contributed by atoms with E-state index in [0.29, 0.717) is 5.75 Å². The number of hydrogen-bond acceptors (Lipinski definition) is 3. The van der Waals surface area contributed by atoms with Gasteiger partial charge in [0.1, 0.15) is 17.2 Å². The van der Waals surface area contributed by atoms with Crippen LogP contribution in [0.25, 0.3) is 0 Å². The molecule has 0 saturated carbocycles. The molecule has 0 bridgehead atoms.